The van der Waals surface area contributed by atoms with Crippen molar-refractivity contribution >= 4 is 17.5 Å². The highest BCUT2D eigenvalue weighted by molar-refractivity contribution is 5.91. The standard InChI is InChI=1S/C26H41N2O3/c1-17(27-31-24(30)16-28(4,5)6)21-9-10-22-20-8-7-18-15-19(29)11-13-25(18,2)23(20)12-14-26(21,22)3/h15,20-23H,7-14,16H2,1-6H3/q+1. The molecule has 31 heavy (non-hydrogen) atoms. The number of allylic oxidation sites excluding steroid dienone is 1. The van der Waals surface area contributed by atoms with Crippen molar-refractivity contribution in [3.63, 3.8) is 0 Å². The minimum Gasteiger partial charge on any atom is -0.322 e. The fraction of sp³-hybridized carbons (Fsp3) is 0.808. The van der Waals surface area contributed by atoms with E-state index in [1.165, 1.54) is 31.3 Å². The van der Waals surface area contributed by atoms with E-state index in [0.29, 0.717) is 34.6 Å². The van der Waals surface area contributed by atoms with E-state index >= 15 is 0 Å². The molecule has 4 rings (SSSR count). The molecule has 5 heteroatoms. The van der Waals surface area contributed by atoms with Crippen molar-refractivity contribution in [1.29, 1.82) is 0 Å². The monoisotopic (exact) mass is 429 g/mol. The van der Waals surface area contributed by atoms with Crippen LogP contribution in [0.15, 0.2) is 16.8 Å². The van der Waals surface area contributed by atoms with Crippen LogP contribution in [-0.4, -0.2) is 49.6 Å². The smallest absolute Gasteiger partial charge is 0.322 e. The lowest BCUT2D eigenvalue weighted by atomic mass is 9.46. The molecule has 172 valence electrons. The molecule has 5 nitrogen and oxygen atoms in total. The minimum atomic E-state index is -0.262. The van der Waals surface area contributed by atoms with Gasteiger partial charge in [0.15, 0.2) is 12.3 Å². The van der Waals surface area contributed by atoms with Gasteiger partial charge in [0, 0.05) is 12.3 Å². The number of fused-ring (bicyclic) bond motifs is 5. The first kappa shape index (κ1) is 22.7. The molecule has 0 radical (unpaired) electrons. The van der Waals surface area contributed by atoms with Gasteiger partial charge in [-0.25, -0.2) is 4.79 Å². The quantitative estimate of drug-likeness (QED) is 0.280. The number of oxime groups is 1. The average molecular weight is 430 g/mol. The first-order chi connectivity index (χ1) is 14.4. The highest BCUT2D eigenvalue weighted by Crippen LogP contribution is 2.66. The highest BCUT2D eigenvalue weighted by atomic mass is 16.7. The van der Waals surface area contributed by atoms with E-state index in [2.05, 4.69) is 25.9 Å². The third-order valence-electron chi connectivity index (χ3n) is 9.36. The molecule has 3 saturated carbocycles. The van der Waals surface area contributed by atoms with Crippen molar-refractivity contribution in [2.75, 3.05) is 27.7 Å². The van der Waals surface area contributed by atoms with Gasteiger partial charge in [0.1, 0.15) is 0 Å². The van der Waals surface area contributed by atoms with E-state index in [9.17, 15) is 9.59 Å². The summed E-state index contributed by atoms with van der Waals surface area (Å²) < 4.78 is 0.542. The minimum absolute atomic E-state index is 0.222. The molecule has 0 saturated heterocycles. The molecule has 0 bridgehead atoms. The summed E-state index contributed by atoms with van der Waals surface area (Å²) in [5.74, 6) is 2.62. The van der Waals surface area contributed by atoms with Crippen LogP contribution in [0, 0.1) is 34.5 Å². The van der Waals surface area contributed by atoms with Crippen molar-refractivity contribution < 1.29 is 18.9 Å². The molecule has 0 N–H and O–H groups in total. The normalized spacial score (nSPS) is 40.5. The number of hydrogen-bond donors (Lipinski definition) is 0. The molecule has 0 spiro atoms. The Labute approximate surface area is 187 Å². The molecule has 0 aliphatic heterocycles. The second-order valence-corrected chi connectivity index (χ2v) is 12.3. The number of rotatable bonds is 4. The lowest BCUT2D eigenvalue weighted by Crippen LogP contribution is -2.51. The third kappa shape index (κ3) is 4.03. The summed E-state index contributed by atoms with van der Waals surface area (Å²) in [6, 6.07) is 0. The molecular formula is C26H41N2O3+. The van der Waals surface area contributed by atoms with Crippen LogP contribution in [0.5, 0.6) is 0 Å². The van der Waals surface area contributed by atoms with Gasteiger partial charge < -0.3 is 9.32 Å². The molecule has 0 aromatic carbocycles. The molecular weight excluding hydrogens is 388 g/mol. The van der Waals surface area contributed by atoms with Crippen LogP contribution in [-0.2, 0) is 14.4 Å². The number of quaternary nitrogens is 1. The van der Waals surface area contributed by atoms with Crippen LogP contribution in [0.2, 0.25) is 0 Å². The first-order valence-electron chi connectivity index (χ1n) is 12.2. The van der Waals surface area contributed by atoms with Gasteiger partial charge in [0.25, 0.3) is 0 Å². The van der Waals surface area contributed by atoms with Gasteiger partial charge in [-0.3, -0.25) is 4.79 Å². The molecule has 0 heterocycles. The van der Waals surface area contributed by atoms with Crippen LogP contribution in [0.1, 0.15) is 72.1 Å². The summed E-state index contributed by atoms with van der Waals surface area (Å²) in [7, 11) is 5.94. The summed E-state index contributed by atoms with van der Waals surface area (Å²) in [5.41, 5.74) is 2.89. The Balaban J connectivity index is 1.50. The predicted octanol–water partition coefficient (Wildman–Crippen LogP) is 4.76. The number of nitrogens with zero attached hydrogens (tertiary/aromatic N) is 2. The van der Waals surface area contributed by atoms with Gasteiger partial charge >= 0.3 is 5.97 Å². The maximum absolute atomic E-state index is 12.1. The Bertz CT molecular complexity index is 823. The van der Waals surface area contributed by atoms with Crippen molar-refractivity contribution in [3.8, 4) is 0 Å². The van der Waals surface area contributed by atoms with E-state index in [4.69, 9.17) is 4.84 Å². The second kappa shape index (κ2) is 7.83. The van der Waals surface area contributed by atoms with Gasteiger partial charge in [-0.1, -0.05) is 24.6 Å². The summed E-state index contributed by atoms with van der Waals surface area (Å²) >= 11 is 0. The third-order valence-corrected chi connectivity index (χ3v) is 9.36. The van der Waals surface area contributed by atoms with Gasteiger partial charge in [-0.2, -0.15) is 0 Å². The maximum atomic E-state index is 12.1. The van der Waals surface area contributed by atoms with E-state index < -0.39 is 0 Å². The maximum Gasteiger partial charge on any atom is 0.388 e. The number of ketones is 1. The molecule has 6 atom stereocenters. The summed E-state index contributed by atoms with van der Waals surface area (Å²) in [5, 5.41) is 4.33. The lowest BCUT2D eigenvalue weighted by Gasteiger charge is -2.58. The summed E-state index contributed by atoms with van der Waals surface area (Å²) in [6.45, 7) is 7.29. The van der Waals surface area contributed by atoms with Crippen molar-refractivity contribution in [3.05, 3.63) is 11.6 Å². The molecule has 3 fully saturated rings. The highest BCUT2D eigenvalue weighted by Gasteiger charge is 2.59. The molecule has 4 aliphatic carbocycles. The Hall–Kier alpha value is -1.49. The molecule has 6 unspecified atom stereocenters. The molecule has 4 aliphatic rings. The Kier molecular flexibility index (Phi) is 5.73. The van der Waals surface area contributed by atoms with E-state index in [0.717, 1.165) is 37.3 Å². The molecule has 0 aromatic heterocycles. The van der Waals surface area contributed by atoms with E-state index in [-0.39, 0.29) is 16.8 Å². The Morgan fingerprint density at radius 3 is 2.55 bits per heavy atom. The van der Waals surface area contributed by atoms with Gasteiger partial charge in [0.2, 0.25) is 0 Å². The van der Waals surface area contributed by atoms with Crippen LogP contribution < -0.4 is 0 Å². The SMILES string of the molecule is CC(=NOC(=O)C[N+](C)(C)C)C1CCC2C3CCC4=CC(=O)CCC4(C)C3CCC12C. The number of carbonyl (C=O) groups excluding carboxylic acids is 2. The largest absolute Gasteiger partial charge is 0.388 e. The zero-order valence-corrected chi connectivity index (χ0v) is 20.4. The van der Waals surface area contributed by atoms with Crippen LogP contribution >= 0.6 is 0 Å². The zero-order valence-electron chi connectivity index (χ0n) is 20.4. The fourth-order valence-corrected chi connectivity index (χ4v) is 7.85. The first-order valence-corrected chi connectivity index (χ1v) is 12.2. The number of likely N-dealkylation sites (N-methyl/N-ethyl adjacent to an activating group) is 1. The van der Waals surface area contributed by atoms with E-state index in [1.54, 1.807) is 0 Å². The van der Waals surface area contributed by atoms with Crippen molar-refractivity contribution in [1.82, 2.24) is 0 Å². The number of hydrogen-bond acceptors (Lipinski definition) is 4. The van der Waals surface area contributed by atoms with E-state index in [1.807, 2.05) is 27.2 Å². The van der Waals surface area contributed by atoms with Crippen molar-refractivity contribution in [2.45, 2.75) is 72.1 Å². The average Bonchev–Trinajstić information content (AvgIpc) is 3.02. The topological polar surface area (TPSA) is 55.7 Å². The van der Waals surface area contributed by atoms with Gasteiger partial charge in [-0.05, 0) is 86.5 Å². The lowest BCUT2D eigenvalue weighted by molar-refractivity contribution is -0.862. The van der Waals surface area contributed by atoms with Crippen LogP contribution in [0.25, 0.3) is 0 Å². The second-order valence-electron chi connectivity index (χ2n) is 12.3. The fourth-order valence-electron chi connectivity index (χ4n) is 7.85. The zero-order chi connectivity index (χ0) is 22.6. The molecule has 0 aromatic rings. The van der Waals surface area contributed by atoms with Crippen molar-refractivity contribution in [2.24, 2.45) is 39.7 Å². The summed E-state index contributed by atoms with van der Waals surface area (Å²) in [4.78, 5) is 29.5. The number of carbonyl (C=O) groups is 2. The molecule has 0 amide bonds. The van der Waals surface area contributed by atoms with Gasteiger partial charge in [-0.15, -0.1) is 0 Å². The van der Waals surface area contributed by atoms with Crippen LogP contribution in [0.3, 0.4) is 0 Å². The Morgan fingerprint density at radius 1 is 1.10 bits per heavy atom. The predicted molar refractivity (Wildman–Crippen MR) is 122 cm³/mol. The Morgan fingerprint density at radius 2 is 1.84 bits per heavy atom. The summed E-state index contributed by atoms with van der Waals surface area (Å²) in [6.07, 6.45) is 10.9. The van der Waals surface area contributed by atoms with Gasteiger partial charge in [0.05, 0.1) is 26.9 Å². The van der Waals surface area contributed by atoms with Crippen LogP contribution in [0.4, 0.5) is 0 Å².